The van der Waals surface area contributed by atoms with Crippen molar-refractivity contribution in [3.63, 3.8) is 0 Å². The highest BCUT2D eigenvalue weighted by Gasteiger charge is 2.15. The van der Waals surface area contributed by atoms with Gasteiger partial charge in [-0.25, -0.2) is 0 Å². The van der Waals surface area contributed by atoms with E-state index in [0.717, 1.165) is 24.3 Å². The van der Waals surface area contributed by atoms with Gasteiger partial charge in [0.1, 0.15) is 11.5 Å². The maximum absolute atomic E-state index is 11.8. The molecule has 2 rings (SSSR count). The molecular formula is C18H27N3O3S. The molecular weight excluding hydrogens is 338 g/mol. The van der Waals surface area contributed by atoms with E-state index in [1.54, 1.807) is 0 Å². The van der Waals surface area contributed by atoms with E-state index in [0.29, 0.717) is 37.2 Å². The van der Waals surface area contributed by atoms with Crippen molar-refractivity contribution in [2.45, 2.75) is 51.5 Å². The van der Waals surface area contributed by atoms with Crippen LogP contribution in [-0.4, -0.2) is 30.3 Å². The van der Waals surface area contributed by atoms with E-state index >= 15 is 0 Å². The highest BCUT2D eigenvalue weighted by atomic mass is 32.1. The van der Waals surface area contributed by atoms with Crippen LogP contribution in [0.2, 0.25) is 0 Å². The Labute approximate surface area is 154 Å². The molecule has 1 aliphatic carbocycles. The average molecular weight is 365 g/mol. The van der Waals surface area contributed by atoms with Gasteiger partial charge in [0.2, 0.25) is 5.91 Å². The maximum Gasteiger partial charge on any atom is 0.238 e. The molecule has 7 heteroatoms. The summed E-state index contributed by atoms with van der Waals surface area (Å²) in [7, 11) is 0. The van der Waals surface area contributed by atoms with E-state index in [9.17, 15) is 4.79 Å². The second-order valence-corrected chi connectivity index (χ2v) is 6.39. The molecule has 0 saturated heterocycles. The fourth-order valence-corrected chi connectivity index (χ4v) is 2.92. The van der Waals surface area contributed by atoms with Crippen molar-refractivity contribution in [2.24, 2.45) is 0 Å². The summed E-state index contributed by atoms with van der Waals surface area (Å²) in [5, 5.41) is 3.68. The molecule has 0 aromatic heterocycles. The smallest absolute Gasteiger partial charge is 0.238 e. The van der Waals surface area contributed by atoms with Crippen molar-refractivity contribution in [1.29, 1.82) is 0 Å². The van der Waals surface area contributed by atoms with Gasteiger partial charge in [-0.15, -0.1) is 0 Å². The molecule has 0 bridgehead atoms. The van der Waals surface area contributed by atoms with Crippen molar-refractivity contribution in [3.05, 3.63) is 24.3 Å². The lowest BCUT2D eigenvalue weighted by molar-refractivity contribution is -0.121. The molecule has 1 amide bonds. The van der Waals surface area contributed by atoms with Crippen LogP contribution in [0, 0.1) is 0 Å². The third-order valence-electron chi connectivity index (χ3n) is 3.96. The first-order chi connectivity index (χ1) is 12.2. The number of carbonyl (C=O) groups excluding carboxylic acids is 1. The lowest BCUT2D eigenvalue weighted by atomic mass is 10.3. The van der Waals surface area contributed by atoms with Crippen molar-refractivity contribution < 1.29 is 14.3 Å². The number of carbonyl (C=O) groups is 1. The third-order valence-corrected chi connectivity index (χ3v) is 4.18. The molecule has 0 aliphatic heterocycles. The van der Waals surface area contributed by atoms with Crippen molar-refractivity contribution in [2.75, 3.05) is 13.2 Å². The van der Waals surface area contributed by atoms with E-state index in [-0.39, 0.29) is 5.91 Å². The molecule has 3 N–H and O–H groups in total. The Morgan fingerprint density at radius 1 is 1.12 bits per heavy atom. The summed E-state index contributed by atoms with van der Waals surface area (Å²) in [6, 6.07) is 7.89. The molecule has 1 aromatic rings. The highest BCUT2D eigenvalue weighted by Crippen LogP contribution is 2.18. The largest absolute Gasteiger partial charge is 0.494 e. The van der Waals surface area contributed by atoms with E-state index in [1.807, 2.05) is 31.2 Å². The highest BCUT2D eigenvalue weighted by molar-refractivity contribution is 7.80. The average Bonchev–Trinajstić information content (AvgIpc) is 3.11. The Balaban J connectivity index is 1.53. The number of hydrogen-bond donors (Lipinski definition) is 3. The van der Waals surface area contributed by atoms with Crippen LogP contribution in [0.4, 0.5) is 0 Å². The summed E-state index contributed by atoms with van der Waals surface area (Å²) in [6.07, 6.45) is 5.75. The zero-order valence-electron chi connectivity index (χ0n) is 14.7. The molecule has 1 fully saturated rings. The summed E-state index contributed by atoms with van der Waals surface area (Å²) in [6.45, 7) is 3.07. The second-order valence-electron chi connectivity index (χ2n) is 5.98. The van der Waals surface area contributed by atoms with Crippen molar-refractivity contribution >= 4 is 23.2 Å². The van der Waals surface area contributed by atoms with Crippen LogP contribution in [0.3, 0.4) is 0 Å². The minimum Gasteiger partial charge on any atom is -0.494 e. The van der Waals surface area contributed by atoms with Crippen LogP contribution in [0.5, 0.6) is 11.5 Å². The number of thiocarbonyl (C=S) groups is 1. The molecule has 0 atom stereocenters. The van der Waals surface area contributed by atoms with Gasteiger partial charge in [0.05, 0.1) is 13.2 Å². The number of benzene rings is 1. The van der Waals surface area contributed by atoms with Gasteiger partial charge in [-0.3, -0.25) is 15.6 Å². The van der Waals surface area contributed by atoms with Gasteiger partial charge in [-0.1, -0.05) is 12.8 Å². The molecule has 1 aromatic carbocycles. The first kappa shape index (κ1) is 19.3. The lowest BCUT2D eigenvalue weighted by Crippen LogP contribution is -2.49. The third kappa shape index (κ3) is 7.60. The number of nitrogens with one attached hydrogen (secondary N) is 3. The van der Waals surface area contributed by atoms with E-state index < -0.39 is 0 Å². The molecule has 1 aliphatic rings. The standard InChI is InChI=1S/C18H27N3O3S/c1-2-23-15-9-11-16(12-10-15)24-13-5-8-17(22)20-21-18(25)19-14-6-3-4-7-14/h9-12,14H,2-8,13H2,1H3,(H,20,22)(H2,19,21,25). The van der Waals surface area contributed by atoms with Crippen LogP contribution >= 0.6 is 12.2 Å². The Bertz CT molecular complexity index is 545. The number of amides is 1. The normalized spacial score (nSPS) is 14.0. The number of hydrazine groups is 1. The van der Waals surface area contributed by atoms with Crippen LogP contribution in [-0.2, 0) is 4.79 Å². The van der Waals surface area contributed by atoms with Gasteiger partial charge >= 0.3 is 0 Å². The van der Waals surface area contributed by atoms with Crippen LogP contribution < -0.4 is 25.6 Å². The van der Waals surface area contributed by atoms with E-state index in [4.69, 9.17) is 21.7 Å². The van der Waals surface area contributed by atoms with E-state index in [1.165, 1.54) is 12.8 Å². The number of ether oxygens (including phenoxy) is 2. The minimum atomic E-state index is -0.106. The lowest BCUT2D eigenvalue weighted by Gasteiger charge is -2.16. The SMILES string of the molecule is CCOc1ccc(OCCCC(=O)NNC(=S)NC2CCCC2)cc1. The Kier molecular flexibility index (Phi) is 8.31. The van der Waals surface area contributed by atoms with Gasteiger partial charge in [-0.05, 0) is 62.7 Å². The summed E-state index contributed by atoms with van der Waals surface area (Å²) < 4.78 is 11.0. The van der Waals surface area contributed by atoms with Gasteiger partial charge in [-0.2, -0.15) is 0 Å². The topological polar surface area (TPSA) is 71.6 Å². The molecule has 138 valence electrons. The molecule has 0 radical (unpaired) electrons. The summed E-state index contributed by atoms with van der Waals surface area (Å²) in [5.74, 6) is 1.48. The first-order valence-corrected chi connectivity index (χ1v) is 9.29. The number of hydrogen-bond acceptors (Lipinski definition) is 4. The Hall–Kier alpha value is -2.02. The van der Waals surface area contributed by atoms with Crippen LogP contribution in [0.15, 0.2) is 24.3 Å². The fourth-order valence-electron chi connectivity index (χ4n) is 2.70. The Morgan fingerprint density at radius 3 is 2.40 bits per heavy atom. The van der Waals surface area contributed by atoms with Crippen LogP contribution in [0.1, 0.15) is 45.4 Å². The molecule has 25 heavy (non-hydrogen) atoms. The predicted molar refractivity (Wildman–Crippen MR) is 102 cm³/mol. The molecule has 0 heterocycles. The first-order valence-electron chi connectivity index (χ1n) is 8.88. The Morgan fingerprint density at radius 2 is 1.76 bits per heavy atom. The molecule has 0 spiro atoms. The molecule has 6 nitrogen and oxygen atoms in total. The number of rotatable bonds is 8. The van der Waals surface area contributed by atoms with E-state index in [2.05, 4.69) is 16.2 Å². The zero-order chi connectivity index (χ0) is 17.9. The zero-order valence-corrected chi connectivity index (χ0v) is 15.5. The summed E-state index contributed by atoms with van der Waals surface area (Å²) in [5.41, 5.74) is 5.36. The minimum absolute atomic E-state index is 0.106. The quantitative estimate of drug-likeness (QED) is 0.374. The summed E-state index contributed by atoms with van der Waals surface area (Å²) in [4.78, 5) is 11.8. The maximum atomic E-state index is 11.8. The van der Waals surface area contributed by atoms with Gasteiger partial charge in [0, 0.05) is 12.5 Å². The second kappa shape index (κ2) is 10.8. The predicted octanol–water partition coefficient (Wildman–Crippen LogP) is 2.68. The summed E-state index contributed by atoms with van der Waals surface area (Å²) >= 11 is 5.17. The van der Waals surface area contributed by atoms with Crippen molar-refractivity contribution in [1.82, 2.24) is 16.2 Å². The van der Waals surface area contributed by atoms with Gasteiger partial charge in [0.25, 0.3) is 0 Å². The van der Waals surface area contributed by atoms with Crippen molar-refractivity contribution in [3.8, 4) is 11.5 Å². The fraction of sp³-hybridized carbons (Fsp3) is 0.556. The monoisotopic (exact) mass is 365 g/mol. The molecule has 1 saturated carbocycles. The van der Waals surface area contributed by atoms with Crippen LogP contribution in [0.25, 0.3) is 0 Å². The molecule has 0 unspecified atom stereocenters. The van der Waals surface area contributed by atoms with Gasteiger partial charge < -0.3 is 14.8 Å². The van der Waals surface area contributed by atoms with Gasteiger partial charge in [0.15, 0.2) is 5.11 Å².